The summed E-state index contributed by atoms with van der Waals surface area (Å²) in [5, 5.41) is 25.5. The minimum atomic E-state index is -1.06. The summed E-state index contributed by atoms with van der Waals surface area (Å²) < 4.78 is 2.55. The first-order chi connectivity index (χ1) is 9.12. The van der Waals surface area contributed by atoms with Crippen LogP contribution in [0.2, 0.25) is 0 Å². The molecule has 2 unspecified atom stereocenters. The third-order valence-electron chi connectivity index (χ3n) is 3.93. The number of hydrogen-bond acceptors (Lipinski definition) is 4. The Balaban J connectivity index is 2.02. The second-order valence-electron chi connectivity index (χ2n) is 5.20. The Morgan fingerprint density at radius 1 is 1.47 bits per heavy atom. The van der Waals surface area contributed by atoms with Gasteiger partial charge in [0.1, 0.15) is 15.7 Å². The van der Waals surface area contributed by atoms with Crippen LogP contribution in [0.15, 0.2) is 23.1 Å². The van der Waals surface area contributed by atoms with E-state index in [1.165, 1.54) is 0 Å². The molecule has 1 aliphatic carbocycles. The van der Waals surface area contributed by atoms with Gasteiger partial charge in [0, 0.05) is 11.6 Å². The lowest BCUT2D eigenvalue weighted by atomic mass is 9.81. The molecule has 2 aromatic rings. The molecule has 0 bridgehead atoms. The van der Waals surface area contributed by atoms with Gasteiger partial charge in [0.05, 0.1) is 18.8 Å². The smallest absolute Gasteiger partial charge is 0.111 e. The molecule has 19 heavy (non-hydrogen) atoms. The Bertz CT molecular complexity index is 601. The molecule has 6 heteroatoms. The van der Waals surface area contributed by atoms with Crippen LogP contribution in [0.3, 0.4) is 0 Å². The first kappa shape index (κ1) is 13.0. The van der Waals surface area contributed by atoms with E-state index in [0.717, 1.165) is 34.8 Å². The number of hydrogen-bond donors (Lipinski definition) is 2. The van der Waals surface area contributed by atoms with Crippen LogP contribution in [0.25, 0.3) is 10.9 Å². The number of rotatable bonds is 2. The predicted octanol–water partition coefficient (Wildman–Crippen LogP) is 2.03. The van der Waals surface area contributed by atoms with Crippen LogP contribution >= 0.6 is 15.9 Å². The fraction of sp³-hybridized carbons (Fsp3) is 0.538. The van der Waals surface area contributed by atoms with Crippen molar-refractivity contribution in [2.45, 2.75) is 37.3 Å². The Labute approximate surface area is 119 Å². The van der Waals surface area contributed by atoms with Gasteiger partial charge in [-0.05, 0) is 34.8 Å². The third-order valence-corrected chi connectivity index (χ3v) is 4.36. The van der Waals surface area contributed by atoms with Gasteiger partial charge in [-0.2, -0.15) is 5.10 Å². The van der Waals surface area contributed by atoms with Crippen molar-refractivity contribution >= 4 is 26.8 Å². The van der Waals surface area contributed by atoms with E-state index < -0.39 is 5.60 Å². The summed E-state index contributed by atoms with van der Waals surface area (Å²) in [4.78, 5) is 4.15. The highest BCUT2D eigenvalue weighted by atomic mass is 79.9. The van der Waals surface area contributed by atoms with Crippen LogP contribution in [0.5, 0.6) is 0 Å². The SMILES string of the molecule is OCC1(O)CCCCC1n1cc2cc(Br)ncc2n1. The highest BCUT2D eigenvalue weighted by Gasteiger charge is 2.40. The molecule has 0 spiro atoms. The second-order valence-corrected chi connectivity index (χ2v) is 6.01. The zero-order chi connectivity index (χ0) is 13.5. The summed E-state index contributed by atoms with van der Waals surface area (Å²) in [7, 11) is 0. The second kappa shape index (κ2) is 4.85. The molecule has 3 rings (SSSR count). The van der Waals surface area contributed by atoms with E-state index in [0.29, 0.717) is 6.42 Å². The van der Waals surface area contributed by atoms with Gasteiger partial charge < -0.3 is 10.2 Å². The van der Waals surface area contributed by atoms with E-state index in [9.17, 15) is 10.2 Å². The van der Waals surface area contributed by atoms with Gasteiger partial charge >= 0.3 is 0 Å². The molecule has 2 aromatic heterocycles. The quantitative estimate of drug-likeness (QED) is 0.829. The van der Waals surface area contributed by atoms with Gasteiger partial charge in [0.2, 0.25) is 0 Å². The minimum Gasteiger partial charge on any atom is -0.393 e. The van der Waals surface area contributed by atoms with Crippen LogP contribution in [-0.2, 0) is 0 Å². The first-order valence-corrected chi connectivity index (χ1v) is 7.25. The summed E-state index contributed by atoms with van der Waals surface area (Å²) in [6, 6.07) is 1.73. The van der Waals surface area contributed by atoms with Crippen LogP contribution < -0.4 is 0 Å². The minimum absolute atomic E-state index is 0.169. The Hall–Kier alpha value is -0.980. The van der Waals surface area contributed by atoms with E-state index in [1.54, 1.807) is 10.9 Å². The van der Waals surface area contributed by atoms with E-state index in [1.807, 2.05) is 12.3 Å². The molecular formula is C13H16BrN3O2. The molecule has 0 aromatic carbocycles. The van der Waals surface area contributed by atoms with Crippen molar-refractivity contribution in [3.05, 3.63) is 23.1 Å². The van der Waals surface area contributed by atoms with Gasteiger partial charge in [0.15, 0.2) is 0 Å². The number of pyridine rings is 1. The molecule has 2 N–H and O–H groups in total. The van der Waals surface area contributed by atoms with Crippen molar-refractivity contribution in [3.63, 3.8) is 0 Å². The summed E-state index contributed by atoms with van der Waals surface area (Å²) in [6.07, 6.45) is 7.06. The summed E-state index contributed by atoms with van der Waals surface area (Å²) in [5.41, 5.74) is -0.264. The van der Waals surface area contributed by atoms with Crippen molar-refractivity contribution < 1.29 is 10.2 Å². The van der Waals surface area contributed by atoms with Crippen molar-refractivity contribution in [3.8, 4) is 0 Å². The predicted molar refractivity (Wildman–Crippen MR) is 74.8 cm³/mol. The molecular weight excluding hydrogens is 310 g/mol. The van der Waals surface area contributed by atoms with E-state index >= 15 is 0 Å². The molecule has 5 nitrogen and oxygen atoms in total. The van der Waals surface area contributed by atoms with Gasteiger partial charge in [-0.1, -0.05) is 12.8 Å². The summed E-state index contributed by atoms with van der Waals surface area (Å²) in [5.74, 6) is 0. The maximum absolute atomic E-state index is 10.5. The number of aliphatic hydroxyl groups excluding tert-OH is 1. The number of aromatic nitrogens is 3. The molecule has 102 valence electrons. The summed E-state index contributed by atoms with van der Waals surface area (Å²) >= 11 is 3.34. The van der Waals surface area contributed by atoms with Crippen LogP contribution in [-0.4, -0.2) is 37.2 Å². The maximum atomic E-state index is 10.5. The lowest BCUT2D eigenvalue weighted by Crippen LogP contribution is -2.45. The van der Waals surface area contributed by atoms with Crippen LogP contribution in [0, 0.1) is 0 Å². The zero-order valence-corrected chi connectivity index (χ0v) is 12.0. The lowest BCUT2D eigenvalue weighted by molar-refractivity contribution is -0.0822. The largest absolute Gasteiger partial charge is 0.393 e. The third kappa shape index (κ3) is 2.28. The Morgan fingerprint density at radius 3 is 3.11 bits per heavy atom. The molecule has 1 saturated carbocycles. The van der Waals surface area contributed by atoms with Gasteiger partial charge in [-0.3, -0.25) is 4.68 Å². The molecule has 1 aliphatic rings. The molecule has 2 atom stereocenters. The fourth-order valence-corrected chi connectivity index (χ4v) is 3.20. The molecule has 0 radical (unpaired) electrons. The highest BCUT2D eigenvalue weighted by Crippen LogP contribution is 2.37. The molecule has 0 aliphatic heterocycles. The van der Waals surface area contributed by atoms with E-state index in [4.69, 9.17) is 0 Å². The lowest BCUT2D eigenvalue weighted by Gasteiger charge is -2.38. The Kier molecular flexibility index (Phi) is 3.32. The first-order valence-electron chi connectivity index (χ1n) is 6.46. The number of fused-ring (bicyclic) bond motifs is 1. The van der Waals surface area contributed by atoms with Crippen LogP contribution in [0.1, 0.15) is 31.7 Å². The average Bonchev–Trinajstić information content (AvgIpc) is 2.81. The molecule has 0 saturated heterocycles. The monoisotopic (exact) mass is 325 g/mol. The van der Waals surface area contributed by atoms with E-state index in [2.05, 4.69) is 26.0 Å². The average molecular weight is 326 g/mol. The molecule has 0 amide bonds. The van der Waals surface area contributed by atoms with Crippen molar-refractivity contribution in [1.82, 2.24) is 14.8 Å². The van der Waals surface area contributed by atoms with Crippen molar-refractivity contribution in [2.75, 3.05) is 6.61 Å². The standard InChI is InChI=1S/C13H16BrN3O2/c14-12-5-9-7-17(16-10(9)6-15-12)11-3-1-2-4-13(11,19)8-18/h5-7,11,18-19H,1-4,8H2. The molecule has 1 fully saturated rings. The number of halogens is 1. The normalized spacial score (nSPS) is 27.8. The maximum Gasteiger partial charge on any atom is 0.111 e. The van der Waals surface area contributed by atoms with Crippen molar-refractivity contribution in [1.29, 1.82) is 0 Å². The topological polar surface area (TPSA) is 71.2 Å². The van der Waals surface area contributed by atoms with Gasteiger partial charge in [-0.25, -0.2) is 4.98 Å². The zero-order valence-electron chi connectivity index (χ0n) is 10.5. The van der Waals surface area contributed by atoms with Crippen LogP contribution in [0.4, 0.5) is 0 Å². The van der Waals surface area contributed by atoms with Gasteiger partial charge in [-0.15, -0.1) is 0 Å². The number of nitrogens with zero attached hydrogens (tertiary/aromatic N) is 3. The summed E-state index contributed by atoms with van der Waals surface area (Å²) in [6.45, 7) is -0.226. The van der Waals surface area contributed by atoms with Crippen molar-refractivity contribution in [2.24, 2.45) is 0 Å². The molecule has 2 heterocycles. The number of aliphatic hydroxyl groups is 2. The highest BCUT2D eigenvalue weighted by molar-refractivity contribution is 9.10. The van der Waals surface area contributed by atoms with E-state index in [-0.39, 0.29) is 12.6 Å². The Morgan fingerprint density at radius 2 is 2.32 bits per heavy atom. The fourth-order valence-electron chi connectivity index (χ4n) is 2.85. The van der Waals surface area contributed by atoms with Gasteiger partial charge in [0.25, 0.3) is 0 Å².